The lowest BCUT2D eigenvalue weighted by atomic mass is 10.2. The van der Waals surface area contributed by atoms with E-state index in [9.17, 15) is 10.1 Å². The van der Waals surface area contributed by atoms with Crippen LogP contribution in [0.15, 0.2) is 22.9 Å². The normalized spacial score (nSPS) is 10.3. The van der Waals surface area contributed by atoms with Crippen molar-refractivity contribution in [3.8, 4) is 0 Å². The van der Waals surface area contributed by atoms with Gasteiger partial charge in [-0.1, -0.05) is 5.16 Å². The number of hydrogen-bond acceptors (Lipinski definition) is 6. The van der Waals surface area contributed by atoms with Crippen LogP contribution in [0.4, 0.5) is 11.5 Å². The Labute approximate surface area is 103 Å². The van der Waals surface area contributed by atoms with Crippen molar-refractivity contribution in [2.75, 3.05) is 5.32 Å². The van der Waals surface area contributed by atoms with Gasteiger partial charge in [0.15, 0.2) is 0 Å². The average molecular weight is 248 g/mol. The molecule has 0 amide bonds. The van der Waals surface area contributed by atoms with Gasteiger partial charge in [-0.3, -0.25) is 10.1 Å². The van der Waals surface area contributed by atoms with Gasteiger partial charge in [0.2, 0.25) is 0 Å². The van der Waals surface area contributed by atoms with E-state index in [1.54, 1.807) is 13.0 Å². The van der Waals surface area contributed by atoms with Gasteiger partial charge in [0.25, 0.3) is 5.69 Å². The Morgan fingerprint density at radius 3 is 2.78 bits per heavy atom. The summed E-state index contributed by atoms with van der Waals surface area (Å²) in [7, 11) is 0. The Balaban J connectivity index is 2.06. The molecule has 0 aliphatic rings. The van der Waals surface area contributed by atoms with Gasteiger partial charge in [0, 0.05) is 11.6 Å². The second-order valence-corrected chi connectivity index (χ2v) is 3.90. The van der Waals surface area contributed by atoms with Crippen molar-refractivity contribution >= 4 is 11.5 Å². The molecular formula is C11H12N4O3. The third kappa shape index (κ3) is 2.62. The smallest absolute Gasteiger partial charge is 0.290 e. The van der Waals surface area contributed by atoms with Gasteiger partial charge in [-0.15, -0.1) is 0 Å². The number of aryl methyl sites for hydroxylation is 2. The van der Waals surface area contributed by atoms with E-state index in [4.69, 9.17) is 4.52 Å². The van der Waals surface area contributed by atoms with E-state index in [0.717, 1.165) is 11.5 Å². The highest BCUT2D eigenvalue weighted by atomic mass is 16.6. The molecule has 0 atom stereocenters. The van der Waals surface area contributed by atoms with Crippen LogP contribution in [-0.2, 0) is 6.54 Å². The Morgan fingerprint density at radius 2 is 2.22 bits per heavy atom. The number of aromatic nitrogens is 2. The monoisotopic (exact) mass is 248 g/mol. The highest BCUT2D eigenvalue weighted by Crippen LogP contribution is 2.19. The fraction of sp³-hybridized carbons (Fsp3) is 0.273. The number of nitrogens with one attached hydrogen (secondary N) is 1. The SMILES string of the molecule is Cc1cc(CNc2cc(C)c([N+](=O)[O-])cn2)no1. The standard InChI is InChI=1S/C11H12N4O3/c1-7-3-11(13-6-10(7)15(16)17)12-5-9-4-8(2)18-14-9/h3-4,6H,5H2,1-2H3,(H,12,13). The molecule has 2 aromatic rings. The van der Waals surface area contributed by atoms with Crippen molar-refractivity contribution in [2.24, 2.45) is 0 Å². The van der Waals surface area contributed by atoms with Crippen LogP contribution in [0.5, 0.6) is 0 Å². The molecule has 0 aliphatic heterocycles. The van der Waals surface area contributed by atoms with E-state index >= 15 is 0 Å². The first-order valence-electron chi connectivity index (χ1n) is 5.33. The molecule has 7 nitrogen and oxygen atoms in total. The number of nitrogens with zero attached hydrogens (tertiary/aromatic N) is 3. The molecule has 2 heterocycles. The van der Waals surface area contributed by atoms with Gasteiger partial charge in [-0.2, -0.15) is 0 Å². The van der Waals surface area contributed by atoms with Crippen LogP contribution < -0.4 is 5.32 Å². The quantitative estimate of drug-likeness (QED) is 0.658. The molecule has 0 fully saturated rings. The predicted molar refractivity (Wildman–Crippen MR) is 64.2 cm³/mol. The minimum atomic E-state index is -0.451. The molecule has 7 heteroatoms. The maximum absolute atomic E-state index is 10.6. The largest absolute Gasteiger partial charge is 0.364 e. The third-order valence-corrected chi connectivity index (χ3v) is 2.41. The predicted octanol–water partition coefficient (Wildman–Crippen LogP) is 2.21. The van der Waals surface area contributed by atoms with Crippen molar-refractivity contribution in [3.05, 3.63) is 45.5 Å². The van der Waals surface area contributed by atoms with E-state index in [-0.39, 0.29) is 5.69 Å². The summed E-state index contributed by atoms with van der Waals surface area (Å²) in [5.41, 5.74) is 1.33. The molecule has 94 valence electrons. The first-order chi connectivity index (χ1) is 8.56. The van der Waals surface area contributed by atoms with Crippen LogP contribution in [0, 0.1) is 24.0 Å². The van der Waals surface area contributed by atoms with E-state index < -0.39 is 4.92 Å². The summed E-state index contributed by atoms with van der Waals surface area (Å²) in [6.45, 7) is 3.94. The summed E-state index contributed by atoms with van der Waals surface area (Å²) in [6, 6.07) is 3.44. The minimum Gasteiger partial charge on any atom is -0.364 e. The molecule has 2 rings (SSSR count). The van der Waals surface area contributed by atoms with Crippen LogP contribution in [0.1, 0.15) is 17.0 Å². The average Bonchev–Trinajstić information content (AvgIpc) is 2.72. The lowest BCUT2D eigenvalue weighted by Gasteiger charge is -2.04. The van der Waals surface area contributed by atoms with Gasteiger partial charge in [-0.25, -0.2) is 4.98 Å². The Kier molecular flexibility index (Phi) is 3.22. The molecule has 18 heavy (non-hydrogen) atoms. The maximum atomic E-state index is 10.6. The van der Waals surface area contributed by atoms with Crippen LogP contribution in [-0.4, -0.2) is 15.1 Å². The molecule has 0 saturated carbocycles. The highest BCUT2D eigenvalue weighted by Gasteiger charge is 2.11. The summed E-state index contributed by atoms with van der Waals surface area (Å²) in [5, 5.41) is 17.5. The zero-order chi connectivity index (χ0) is 13.1. The second-order valence-electron chi connectivity index (χ2n) is 3.90. The van der Waals surface area contributed by atoms with Gasteiger partial charge in [0.1, 0.15) is 23.5 Å². The molecule has 0 aromatic carbocycles. The molecular weight excluding hydrogens is 236 g/mol. The minimum absolute atomic E-state index is 0.0119. The summed E-state index contributed by atoms with van der Waals surface area (Å²) in [4.78, 5) is 14.2. The molecule has 0 bridgehead atoms. The van der Waals surface area contributed by atoms with Crippen molar-refractivity contribution in [1.82, 2.24) is 10.1 Å². The summed E-state index contributed by atoms with van der Waals surface area (Å²) in [6.07, 6.45) is 1.24. The van der Waals surface area contributed by atoms with Gasteiger partial charge in [-0.05, 0) is 19.9 Å². The lowest BCUT2D eigenvalue weighted by molar-refractivity contribution is -0.385. The van der Waals surface area contributed by atoms with Crippen molar-refractivity contribution in [1.29, 1.82) is 0 Å². The number of pyridine rings is 1. The van der Waals surface area contributed by atoms with Gasteiger partial charge < -0.3 is 9.84 Å². The molecule has 1 N–H and O–H groups in total. The third-order valence-electron chi connectivity index (χ3n) is 2.41. The van der Waals surface area contributed by atoms with Crippen molar-refractivity contribution in [3.63, 3.8) is 0 Å². The summed E-state index contributed by atoms with van der Waals surface area (Å²) < 4.78 is 4.93. The second kappa shape index (κ2) is 4.82. The zero-order valence-corrected chi connectivity index (χ0v) is 10.0. The number of hydrogen-bond donors (Lipinski definition) is 1. The lowest BCUT2D eigenvalue weighted by Crippen LogP contribution is -2.03. The topological polar surface area (TPSA) is 94.1 Å². The van der Waals surface area contributed by atoms with E-state index in [1.165, 1.54) is 6.20 Å². The zero-order valence-electron chi connectivity index (χ0n) is 10.0. The van der Waals surface area contributed by atoms with Gasteiger partial charge >= 0.3 is 0 Å². The van der Waals surface area contributed by atoms with Crippen LogP contribution >= 0.6 is 0 Å². The van der Waals surface area contributed by atoms with Crippen LogP contribution in [0.2, 0.25) is 0 Å². The van der Waals surface area contributed by atoms with Crippen molar-refractivity contribution in [2.45, 2.75) is 20.4 Å². The fourth-order valence-corrected chi connectivity index (χ4v) is 1.52. The molecule has 0 saturated heterocycles. The molecule has 0 aliphatic carbocycles. The number of rotatable bonds is 4. The fourth-order valence-electron chi connectivity index (χ4n) is 1.52. The summed E-state index contributed by atoms with van der Waals surface area (Å²) in [5.74, 6) is 1.30. The number of anilines is 1. The maximum Gasteiger partial charge on any atom is 0.290 e. The van der Waals surface area contributed by atoms with E-state index in [2.05, 4.69) is 15.5 Å². The molecule has 0 spiro atoms. The van der Waals surface area contributed by atoms with Crippen molar-refractivity contribution < 1.29 is 9.45 Å². The van der Waals surface area contributed by atoms with Gasteiger partial charge in [0.05, 0.1) is 11.5 Å². The van der Waals surface area contributed by atoms with E-state index in [1.807, 2.05) is 13.0 Å². The molecule has 0 radical (unpaired) electrons. The Hall–Kier alpha value is -2.44. The Bertz CT molecular complexity index is 579. The van der Waals surface area contributed by atoms with Crippen LogP contribution in [0.25, 0.3) is 0 Å². The Morgan fingerprint density at radius 1 is 1.44 bits per heavy atom. The van der Waals surface area contributed by atoms with E-state index in [0.29, 0.717) is 17.9 Å². The number of nitro groups is 1. The van der Waals surface area contributed by atoms with Crippen LogP contribution in [0.3, 0.4) is 0 Å². The first kappa shape index (κ1) is 12.0. The highest BCUT2D eigenvalue weighted by molar-refractivity contribution is 5.46. The first-order valence-corrected chi connectivity index (χ1v) is 5.33. The summed E-state index contributed by atoms with van der Waals surface area (Å²) >= 11 is 0. The molecule has 0 unspecified atom stereocenters. The molecule has 2 aromatic heterocycles.